The normalized spacial score (nSPS) is 9.56. The predicted octanol–water partition coefficient (Wildman–Crippen LogP) is 2.64. The van der Waals surface area contributed by atoms with Crippen molar-refractivity contribution in [2.24, 2.45) is 0 Å². The Balaban J connectivity index is 0.00000338. The third-order valence-corrected chi connectivity index (χ3v) is 3.48. The fourth-order valence-electron chi connectivity index (χ4n) is 2.22. The lowest BCUT2D eigenvalue weighted by Crippen LogP contribution is -2.33. The number of carbonyl (C=O) groups is 1. The second-order valence-electron chi connectivity index (χ2n) is 5.22. The smallest absolute Gasteiger partial charge is 0.255 e. The summed E-state index contributed by atoms with van der Waals surface area (Å²) in [7, 11) is 3.26. The third-order valence-electron chi connectivity index (χ3n) is 3.48. The lowest BCUT2D eigenvalue weighted by Gasteiger charge is -2.13. The van der Waals surface area contributed by atoms with Crippen LogP contribution in [0.4, 0.5) is 11.5 Å². The van der Waals surface area contributed by atoms with E-state index in [1.165, 1.54) is 0 Å². The summed E-state index contributed by atoms with van der Waals surface area (Å²) in [4.78, 5) is 16.7. The van der Waals surface area contributed by atoms with Crippen molar-refractivity contribution in [2.45, 2.75) is 0 Å². The van der Waals surface area contributed by atoms with Crippen molar-refractivity contribution in [3.8, 4) is 5.75 Å². The zero-order valence-corrected chi connectivity index (χ0v) is 17.0. The summed E-state index contributed by atoms with van der Waals surface area (Å²) in [6.45, 7) is 2.58. The van der Waals surface area contributed by atoms with E-state index in [4.69, 9.17) is 9.47 Å². The van der Waals surface area contributed by atoms with Crippen LogP contribution >= 0.6 is 24.8 Å². The number of ether oxygens (including phenoxy) is 2. The number of nitrogens with zero attached hydrogens (tertiary/aromatic N) is 1. The minimum absolute atomic E-state index is 0. The second kappa shape index (κ2) is 14.1. The molecule has 0 bridgehead atoms. The van der Waals surface area contributed by atoms with Gasteiger partial charge in [-0.2, -0.15) is 0 Å². The van der Waals surface area contributed by atoms with Gasteiger partial charge in [-0.3, -0.25) is 4.79 Å². The first kappa shape index (κ1) is 24.9. The number of rotatable bonds is 10. The Kier molecular flexibility index (Phi) is 13.0. The maximum atomic E-state index is 12.4. The van der Waals surface area contributed by atoms with E-state index in [0.717, 1.165) is 12.2 Å². The van der Waals surface area contributed by atoms with Gasteiger partial charge in [-0.15, -0.1) is 24.8 Å². The minimum atomic E-state index is -0.181. The molecule has 1 amide bonds. The number of nitrogens with one attached hydrogen (secondary N) is 3. The molecular formula is C18H26Cl2N4O3. The molecule has 150 valence electrons. The summed E-state index contributed by atoms with van der Waals surface area (Å²) < 4.78 is 10.3. The van der Waals surface area contributed by atoms with E-state index < -0.39 is 0 Å². The maximum Gasteiger partial charge on any atom is 0.255 e. The van der Waals surface area contributed by atoms with Crippen LogP contribution in [0, 0.1) is 0 Å². The highest BCUT2D eigenvalue weighted by molar-refractivity contribution is 5.99. The predicted molar refractivity (Wildman–Crippen MR) is 112 cm³/mol. The lowest BCUT2D eigenvalue weighted by atomic mass is 10.2. The first-order valence-electron chi connectivity index (χ1n) is 8.09. The molecule has 0 atom stereocenters. The number of carbonyl (C=O) groups excluding carboxylic acids is 1. The van der Waals surface area contributed by atoms with Gasteiger partial charge in [0.1, 0.15) is 11.6 Å². The number of halogens is 2. The van der Waals surface area contributed by atoms with Gasteiger partial charge in [0.2, 0.25) is 0 Å². The Bertz CT molecular complexity index is 689. The van der Waals surface area contributed by atoms with E-state index in [2.05, 4.69) is 20.9 Å². The van der Waals surface area contributed by atoms with Crippen LogP contribution < -0.4 is 20.7 Å². The SMILES string of the molecule is COCCNCCNC(=O)c1cccnc1Nc1ccccc1OC.Cl.Cl. The topological polar surface area (TPSA) is 84.5 Å². The summed E-state index contributed by atoms with van der Waals surface area (Å²) in [5, 5.41) is 9.21. The van der Waals surface area contributed by atoms with Crippen LogP contribution in [-0.4, -0.2) is 51.4 Å². The van der Waals surface area contributed by atoms with Crippen LogP contribution in [0.3, 0.4) is 0 Å². The molecule has 9 heteroatoms. The Morgan fingerprint density at radius 3 is 2.56 bits per heavy atom. The van der Waals surface area contributed by atoms with Gasteiger partial charge in [-0.05, 0) is 24.3 Å². The van der Waals surface area contributed by atoms with Crippen molar-refractivity contribution in [3.05, 3.63) is 48.2 Å². The van der Waals surface area contributed by atoms with E-state index in [-0.39, 0.29) is 30.7 Å². The van der Waals surface area contributed by atoms with Crippen molar-refractivity contribution in [2.75, 3.05) is 45.8 Å². The van der Waals surface area contributed by atoms with Crippen LogP contribution in [-0.2, 0) is 4.74 Å². The van der Waals surface area contributed by atoms with Crippen LogP contribution in [0.15, 0.2) is 42.6 Å². The number of pyridine rings is 1. The van der Waals surface area contributed by atoms with Crippen molar-refractivity contribution in [3.63, 3.8) is 0 Å². The number of benzene rings is 1. The average Bonchev–Trinajstić information content (AvgIpc) is 2.65. The van der Waals surface area contributed by atoms with Gasteiger partial charge in [-0.1, -0.05) is 12.1 Å². The van der Waals surface area contributed by atoms with Gasteiger partial charge in [0.15, 0.2) is 0 Å². The molecule has 3 N–H and O–H groups in total. The van der Waals surface area contributed by atoms with E-state index in [1.807, 2.05) is 24.3 Å². The second-order valence-corrected chi connectivity index (χ2v) is 5.22. The van der Waals surface area contributed by atoms with Crippen LogP contribution in [0.25, 0.3) is 0 Å². The molecule has 0 aliphatic rings. The molecule has 0 saturated carbocycles. The summed E-state index contributed by atoms with van der Waals surface area (Å²) in [5.74, 6) is 0.984. The highest BCUT2D eigenvalue weighted by atomic mass is 35.5. The largest absolute Gasteiger partial charge is 0.495 e. The molecule has 27 heavy (non-hydrogen) atoms. The molecule has 2 rings (SSSR count). The molecule has 7 nitrogen and oxygen atoms in total. The molecule has 0 saturated heterocycles. The molecule has 0 unspecified atom stereocenters. The molecule has 0 aliphatic carbocycles. The maximum absolute atomic E-state index is 12.4. The Labute approximate surface area is 172 Å². The summed E-state index contributed by atoms with van der Waals surface area (Å²) in [6.07, 6.45) is 1.64. The molecule has 2 aromatic rings. The highest BCUT2D eigenvalue weighted by Crippen LogP contribution is 2.27. The standard InChI is InChI=1S/C18H24N4O3.2ClH/c1-24-13-12-19-10-11-21-18(23)14-6-5-9-20-17(14)22-15-7-3-4-8-16(15)25-2;;/h3-9,19H,10-13H2,1-2H3,(H,20,22)(H,21,23);2*1H. The van der Waals surface area contributed by atoms with Gasteiger partial charge >= 0.3 is 0 Å². The fraction of sp³-hybridized carbons (Fsp3) is 0.333. The first-order chi connectivity index (χ1) is 12.3. The Morgan fingerprint density at radius 2 is 1.81 bits per heavy atom. The first-order valence-corrected chi connectivity index (χ1v) is 8.09. The molecule has 0 fully saturated rings. The van der Waals surface area contributed by atoms with Gasteiger partial charge in [-0.25, -0.2) is 4.98 Å². The van der Waals surface area contributed by atoms with E-state index in [9.17, 15) is 4.79 Å². The van der Waals surface area contributed by atoms with Crippen molar-refractivity contribution in [1.29, 1.82) is 0 Å². The molecular weight excluding hydrogens is 391 g/mol. The number of anilines is 2. The highest BCUT2D eigenvalue weighted by Gasteiger charge is 2.13. The fourth-order valence-corrected chi connectivity index (χ4v) is 2.22. The van der Waals surface area contributed by atoms with Gasteiger partial charge in [0.05, 0.1) is 25.0 Å². The minimum Gasteiger partial charge on any atom is -0.495 e. The van der Waals surface area contributed by atoms with Gasteiger partial charge in [0, 0.05) is 32.9 Å². The molecule has 0 aliphatic heterocycles. The van der Waals surface area contributed by atoms with Crippen molar-refractivity contribution >= 4 is 42.2 Å². The van der Waals surface area contributed by atoms with E-state index in [0.29, 0.717) is 36.8 Å². The van der Waals surface area contributed by atoms with Crippen LogP contribution in [0.5, 0.6) is 5.75 Å². The molecule has 0 spiro atoms. The summed E-state index contributed by atoms with van der Waals surface area (Å²) >= 11 is 0. The number of hydrogen-bond donors (Lipinski definition) is 3. The monoisotopic (exact) mass is 416 g/mol. The summed E-state index contributed by atoms with van der Waals surface area (Å²) in [5.41, 5.74) is 1.23. The number of methoxy groups -OCH3 is 2. The average molecular weight is 417 g/mol. The zero-order valence-electron chi connectivity index (χ0n) is 15.4. The lowest BCUT2D eigenvalue weighted by molar-refractivity contribution is 0.0954. The molecule has 0 radical (unpaired) electrons. The van der Waals surface area contributed by atoms with Gasteiger partial charge in [0.25, 0.3) is 5.91 Å². The van der Waals surface area contributed by atoms with Crippen LogP contribution in [0.2, 0.25) is 0 Å². The quantitative estimate of drug-likeness (QED) is 0.516. The number of amides is 1. The Morgan fingerprint density at radius 1 is 1.04 bits per heavy atom. The van der Waals surface area contributed by atoms with Crippen LogP contribution in [0.1, 0.15) is 10.4 Å². The third kappa shape index (κ3) is 8.01. The van der Waals surface area contributed by atoms with Crippen molar-refractivity contribution in [1.82, 2.24) is 15.6 Å². The van der Waals surface area contributed by atoms with Crippen molar-refractivity contribution < 1.29 is 14.3 Å². The van der Waals surface area contributed by atoms with Gasteiger partial charge < -0.3 is 25.4 Å². The molecule has 1 heterocycles. The number of aromatic nitrogens is 1. The molecule has 1 aromatic carbocycles. The number of hydrogen-bond acceptors (Lipinski definition) is 6. The Hall–Kier alpha value is -2.06. The van der Waals surface area contributed by atoms with E-state index >= 15 is 0 Å². The van der Waals surface area contributed by atoms with E-state index in [1.54, 1.807) is 32.5 Å². The number of para-hydroxylation sites is 2. The molecule has 1 aromatic heterocycles. The summed E-state index contributed by atoms with van der Waals surface area (Å²) in [6, 6.07) is 11.0. The zero-order chi connectivity index (χ0) is 17.9.